The molecule has 1 aliphatic heterocycles. The Labute approximate surface area is 227 Å². The Morgan fingerprint density at radius 1 is 1.29 bits per heavy atom. The summed E-state index contributed by atoms with van der Waals surface area (Å²) in [5.74, 6) is -0.319. The molecule has 0 saturated heterocycles. The van der Waals surface area contributed by atoms with Crippen molar-refractivity contribution >= 4 is 29.3 Å². The second-order valence-corrected chi connectivity index (χ2v) is 11.2. The molecular weight excluding hydrogens is 502 g/mol. The Bertz CT molecular complexity index is 1350. The first-order chi connectivity index (χ1) is 18.0. The first kappa shape index (κ1) is 27.6. The molecule has 0 fully saturated rings. The van der Waals surface area contributed by atoms with Crippen LogP contribution in [0.3, 0.4) is 0 Å². The molecule has 1 unspecified atom stereocenters. The predicted molar refractivity (Wildman–Crippen MR) is 147 cm³/mol. The van der Waals surface area contributed by atoms with Gasteiger partial charge in [-0.1, -0.05) is 6.07 Å². The third kappa shape index (κ3) is 5.68. The van der Waals surface area contributed by atoms with Crippen LogP contribution in [0.1, 0.15) is 60.8 Å². The molecule has 4 rings (SSSR count). The smallest absolute Gasteiger partial charge is 0.339 e. The van der Waals surface area contributed by atoms with Crippen molar-refractivity contribution in [3.63, 3.8) is 0 Å². The summed E-state index contributed by atoms with van der Waals surface area (Å²) >= 11 is 1.54. The lowest BCUT2D eigenvalue weighted by atomic mass is 9.87. The Morgan fingerprint density at radius 3 is 2.68 bits per heavy atom. The van der Waals surface area contributed by atoms with E-state index in [0.717, 1.165) is 52.2 Å². The molecule has 3 heterocycles. The first-order valence-electron chi connectivity index (χ1n) is 12.6. The molecule has 0 spiro atoms. The van der Waals surface area contributed by atoms with Crippen molar-refractivity contribution in [1.82, 2.24) is 14.5 Å². The van der Waals surface area contributed by atoms with E-state index < -0.39 is 17.7 Å². The molecular formula is C29H35N3O5S. The van der Waals surface area contributed by atoms with Crippen LogP contribution in [-0.2, 0) is 27.3 Å². The Balaban J connectivity index is 2.03. The topological polar surface area (TPSA) is 93.9 Å². The van der Waals surface area contributed by atoms with Crippen molar-refractivity contribution in [1.29, 1.82) is 0 Å². The highest BCUT2D eigenvalue weighted by atomic mass is 32.1. The van der Waals surface area contributed by atoms with Crippen molar-refractivity contribution < 1.29 is 24.2 Å². The van der Waals surface area contributed by atoms with Crippen LogP contribution in [-0.4, -0.2) is 57.3 Å². The van der Waals surface area contributed by atoms with Crippen LogP contribution >= 0.6 is 11.3 Å². The van der Waals surface area contributed by atoms with Gasteiger partial charge in [0.2, 0.25) is 6.41 Å². The number of fused-ring (bicyclic) bond motifs is 1. The maximum Gasteiger partial charge on any atom is 0.339 e. The average molecular weight is 538 g/mol. The normalized spacial score (nSPS) is 14.8. The van der Waals surface area contributed by atoms with Crippen LogP contribution in [0.5, 0.6) is 5.75 Å². The molecule has 8 nitrogen and oxygen atoms in total. The minimum atomic E-state index is -1.38. The maximum atomic E-state index is 12.7. The molecule has 0 saturated carbocycles. The number of carbonyl (C=O) groups excluding carboxylic acids is 1. The standard InChI is InChI=1S/C29H35N3O5S/c1-18-21-8-7-13-36-24(21)10-9-22(18)25(23-11-12-32(19(23)2)14-20-15-38-16-30-20)26(31(6)17-33)27(28(34)35)37-29(3,4)5/h9-12,15-17,27H,7-8,13-14H2,1-6H3,(H,34,35)/b26-25-. The molecule has 9 heteroatoms. The number of hydrogen-bond acceptors (Lipinski definition) is 6. The maximum absolute atomic E-state index is 12.7. The zero-order chi connectivity index (χ0) is 27.6. The van der Waals surface area contributed by atoms with Gasteiger partial charge < -0.3 is 24.0 Å². The van der Waals surface area contributed by atoms with Crippen molar-refractivity contribution in [3.05, 3.63) is 74.6 Å². The monoisotopic (exact) mass is 537 g/mol. The van der Waals surface area contributed by atoms with E-state index in [-0.39, 0.29) is 5.70 Å². The van der Waals surface area contributed by atoms with E-state index in [1.165, 1.54) is 4.90 Å². The number of carboxylic acids is 1. The number of hydrogen-bond donors (Lipinski definition) is 1. The number of aromatic nitrogens is 2. The molecule has 2 aromatic heterocycles. The van der Waals surface area contributed by atoms with Gasteiger partial charge in [-0.15, -0.1) is 11.3 Å². The lowest BCUT2D eigenvalue weighted by Gasteiger charge is -2.32. The van der Waals surface area contributed by atoms with Crippen LogP contribution in [0.2, 0.25) is 0 Å². The molecule has 0 aliphatic carbocycles. The van der Waals surface area contributed by atoms with Crippen molar-refractivity contribution in [3.8, 4) is 5.75 Å². The number of amides is 1. The fourth-order valence-electron chi connectivity index (χ4n) is 4.90. The van der Waals surface area contributed by atoms with E-state index in [1.807, 2.05) is 43.6 Å². The number of aliphatic carboxylic acids is 1. The molecule has 0 bridgehead atoms. The van der Waals surface area contributed by atoms with E-state index >= 15 is 0 Å². The summed E-state index contributed by atoms with van der Waals surface area (Å²) < 4.78 is 14.1. The summed E-state index contributed by atoms with van der Waals surface area (Å²) in [5, 5.41) is 12.4. The van der Waals surface area contributed by atoms with Crippen LogP contribution < -0.4 is 4.74 Å². The van der Waals surface area contributed by atoms with E-state index in [9.17, 15) is 14.7 Å². The lowest BCUT2D eigenvalue weighted by Crippen LogP contribution is -2.40. The second-order valence-electron chi connectivity index (χ2n) is 10.5. The molecule has 1 aliphatic rings. The van der Waals surface area contributed by atoms with Crippen LogP contribution in [0.25, 0.3) is 5.57 Å². The van der Waals surface area contributed by atoms with Crippen molar-refractivity contribution in [2.45, 2.75) is 65.7 Å². The molecule has 3 aromatic rings. The van der Waals surface area contributed by atoms with Gasteiger partial charge in [0.05, 0.1) is 35.7 Å². The summed E-state index contributed by atoms with van der Waals surface area (Å²) in [6, 6.07) is 5.87. The predicted octanol–water partition coefficient (Wildman–Crippen LogP) is 5.05. The Hall–Kier alpha value is -3.43. The number of benzene rings is 1. The number of carboxylic acid groups (broad SMARTS) is 1. The van der Waals surface area contributed by atoms with Crippen molar-refractivity contribution in [2.75, 3.05) is 13.7 Å². The highest BCUT2D eigenvalue weighted by Gasteiger charge is 2.35. The van der Waals surface area contributed by atoms with Crippen LogP contribution in [0.15, 0.2) is 41.0 Å². The summed E-state index contributed by atoms with van der Waals surface area (Å²) in [5.41, 5.74) is 7.60. The molecule has 202 valence electrons. The van der Waals surface area contributed by atoms with Gasteiger partial charge in [0.15, 0.2) is 6.10 Å². The number of carbonyl (C=O) groups is 2. The zero-order valence-electron chi connectivity index (χ0n) is 22.8. The van der Waals surface area contributed by atoms with Gasteiger partial charge in [0.1, 0.15) is 5.75 Å². The SMILES string of the molecule is Cc1c(/C(=C(\C(OC(C)(C)C)C(=O)O)N(C)C=O)c2ccn(Cc3cscn3)c2C)ccc2c1CCCO2. The summed E-state index contributed by atoms with van der Waals surface area (Å²) in [6.45, 7) is 10.7. The summed E-state index contributed by atoms with van der Waals surface area (Å²) in [6.07, 6.45) is 3.00. The van der Waals surface area contributed by atoms with E-state index in [0.29, 0.717) is 25.1 Å². The molecule has 1 amide bonds. The summed E-state index contributed by atoms with van der Waals surface area (Å²) in [4.78, 5) is 30.7. The van der Waals surface area contributed by atoms with E-state index in [4.69, 9.17) is 9.47 Å². The molecule has 1 N–H and O–H groups in total. The minimum absolute atomic E-state index is 0.275. The lowest BCUT2D eigenvalue weighted by molar-refractivity contribution is -0.157. The van der Waals surface area contributed by atoms with Crippen molar-refractivity contribution in [2.24, 2.45) is 0 Å². The number of rotatable bonds is 9. The van der Waals surface area contributed by atoms with Crippen LogP contribution in [0.4, 0.5) is 0 Å². The van der Waals surface area contributed by atoms with Gasteiger partial charge in [-0.25, -0.2) is 9.78 Å². The molecule has 38 heavy (non-hydrogen) atoms. The Kier molecular flexibility index (Phi) is 8.08. The fraction of sp³-hybridized carbons (Fsp3) is 0.414. The number of nitrogens with zero attached hydrogens (tertiary/aromatic N) is 3. The van der Waals surface area contributed by atoms with Gasteiger partial charge in [0.25, 0.3) is 0 Å². The number of ether oxygens (including phenoxy) is 2. The first-order valence-corrected chi connectivity index (χ1v) is 13.6. The second kappa shape index (κ2) is 11.1. The molecule has 1 atom stereocenters. The van der Waals surface area contributed by atoms with Gasteiger partial charge in [0, 0.05) is 35.5 Å². The third-order valence-electron chi connectivity index (χ3n) is 6.72. The van der Waals surface area contributed by atoms with E-state index in [1.54, 1.807) is 44.7 Å². The third-order valence-corrected chi connectivity index (χ3v) is 7.35. The summed E-state index contributed by atoms with van der Waals surface area (Å²) in [7, 11) is 1.57. The Morgan fingerprint density at radius 2 is 2.05 bits per heavy atom. The highest BCUT2D eigenvalue weighted by molar-refractivity contribution is 7.07. The van der Waals surface area contributed by atoms with E-state index in [2.05, 4.69) is 9.55 Å². The van der Waals surface area contributed by atoms with Gasteiger partial charge in [-0.3, -0.25) is 4.79 Å². The highest BCUT2D eigenvalue weighted by Crippen LogP contribution is 2.40. The fourth-order valence-corrected chi connectivity index (χ4v) is 5.45. The number of likely N-dealkylation sites (N-methyl/N-ethyl adjacent to an activating group) is 1. The zero-order valence-corrected chi connectivity index (χ0v) is 23.6. The van der Waals surface area contributed by atoms with Gasteiger partial charge in [-0.05, 0) is 76.3 Å². The van der Waals surface area contributed by atoms with Gasteiger partial charge >= 0.3 is 5.97 Å². The largest absolute Gasteiger partial charge is 0.493 e. The molecule has 1 aromatic carbocycles. The molecule has 0 radical (unpaired) electrons. The minimum Gasteiger partial charge on any atom is -0.493 e. The van der Waals surface area contributed by atoms with Gasteiger partial charge in [-0.2, -0.15) is 0 Å². The number of thiazole rings is 1. The van der Waals surface area contributed by atoms with Crippen LogP contribution in [0, 0.1) is 13.8 Å². The quantitative estimate of drug-likeness (QED) is 0.384. The average Bonchev–Trinajstić information content (AvgIpc) is 3.51.